The number of hydrogen-bond donors (Lipinski definition) is 2. The SMILES string of the molecule is CC(C)(C(=O)Nc1cc(C2(CO)CC2)no1)S(=O)(=O)C1CCN(S(C)(=O)=O)CC1. The highest BCUT2D eigenvalue weighted by molar-refractivity contribution is 7.94. The van der Waals surface area contributed by atoms with Crippen molar-refractivity contribution in [2.24, 2.45) is 0 Å². The lowest BCUT2D eigenvalue weighted by Crippen LogP contribution is -2.52. The van der Waals surface area contributed by atoms with Gasteiger partial charge in [0, 0.05) is 24.6 Å². The molecule has 0 aromatic carbocycles. The Labute approximate surface area is 170 Å². The maximum absolute atomic E-state index is 13.1. The van der Waals surface area contributed by atoms with Crippen LogP contribution in [0.25, 0.3) is 0 Å². The zero-order chi connectivity index (χ0) is 21.7. The number of hydrogen-bond acceptors (Lipinski definition) is 8. The van der Waals surface area contributed by atoms with Crippen molar-refractivity contribution >= 4 is 31.7 Å². The van der Waals surface area contributed by atoms with Crippen LogP contribution in [-0.4, -0.2) is 73.3 Å². The number of carbonyl (C=O) groups excluding carboxylic acids is 1. The van der Waals surface area contributed by atoms with E-state index in [0.717, 1.165) is 19.1 Å². The van der Waals surface area contributed by atoms with E-state index in [4.69, 9.17) is 4.52 Å². The molecule has 12 heteroatoms. The normalized spacial score (nSPS) is 21.1. The summed E-state index contributed by atoms with van der Waals surface area (Å²) in [6.45, 7) is 2.80. The van der Waals surface area contributed by atoms with E-state index in [9.17, 15) is 26.7 Å². The molecule has 1 aliphatic heterocycles. The van der Waals surface area contributed by atoms with Gasteiger partial charge in [-0.05, 0) is 39.5 Å². The van der Waals surface area contributed by atoms with E-state index in [2.05, 4.69) is 10.5 Å². The van der Waals surface area contributed by atoms with E-state index in [1.807, 2.05) is 0 Å². The fourth-order valence-corrected chi connectivity index (χ4v) is 6.36. The van der Waals surface area contributed by atoms with Crippen LogP contribution in [-0.2, 0) is 30.1 Å². The first-order chi connectivity index (χ1) is 13.3. The summed E-state index contributed by atoms with van der Waals surface area (Å²) < 4.78 is 54.1. The molecule has 2 fully saturated rings. The van der Waals surface area contributed by atoms with Crippen molar-refractivity contribution in [3.05, 3.63) is 11.8 Å². The number of carbonyl (C=O) groups is 1. The van der Waals surface area contributed by atoms with Gasteiger partial charge in [0.1, 0.15) is 4.75 Å². The van der Waals surface area contributed by atoms with Gasteiger partial charge in [-0.2, -0.15) is 0 Å². The van der Waals surface area contributed by atoms with Crippen molar-refractivity contribution in [1.29, 1.82) is 0 Å². The Kier molecular flexibility index (Phi) is 5.61. The van der Waals surface area contributed by atoms with Crippen LogP contribution in [0.1, 0.15) is 45.2 Å². The summed E-state index contributed by atoms with van der Waals surface area (Å²) >= 11 is 0. The van der Waals surface area contributed by atoms with Crippen molar-refractivity contribution in [2.45, 2.75) is 54.9 Å². The van der Waals surface area contributed by atoms with E-state index in [1.165, 1.54) is 24.2 Å². The molecule has 0 radical (unpaired) electrons. The van der Waals surface area contributed by atoms with Gasteiger partial charge < -0.3 is 9.63 Å². The highest BCUT2D eigenvalue weighted by Gasteiger charge is 2.49. The zero-order valence-electron chi connectivity index (χ0n) is 16.7. The van der Waals surface area contributed by atoms with Gasteiger partial charge in [-0.1, -0.05) is 5.16 Å². The molecule has 1 saturated heterocycles. The first-order valence-electron chi connectivity index (χ1n) is 9.41. The van der Waals surface area contributed by atoms with Gasteiger partial charge in [-0.15, -0.1) is 0 Å². The standard InChI is InChI=1S/C17H27N3O7S2/c1-16(2,29(25,26)12-4-8-20(9-5-12)28(3,23)24)15(22)18-14-10-13(19-27-14)17(11-21)6-7-17/h10,12,21H,4-9,11H2,1-3H3,(H,18,22). The molecule has 164 valence electrons. The molecule has 2 aliphatic rings. The lowest BCUT2D eigenvalue weighted by molar-refractivity contribution is -0.118. The van der Waals surface area contributed by atoms with Crippen LogP contribution in [0, 0.1) is 0 Å². The Morgan fingerprint density at radius 3 is 2.38 bits per heavy atom. The van der Waals surface area contributed by atoms with Crippen LogP contribution in [0.3, 0.4) is 0 Å². The van der Waals surface area contributed by atoms with Gasteiger partial charge >= 0.3 is 0 Å². The van der Waals surface area contributed by atoms with Crippen LogP contribution >= 0.6 is 0 Å². The van der Waals surface area contributed by atoms with Crippen molar-refractivity contribution in [1.82, 2.24) is 9.46 Å². The summed E-state index contributed by atoms with van der Waals surface area (Å²) in [5.41, 5.74) is 0.103. The molecule has 3 rings (SSSR count). The minimum Gasteiger partial charge on any atom is -0.395 e. The van der Waals surface area contributed by atoms with E-state index in [0.29, 0.717) is 5.69 Å². The topological polar surface area (TPSA) is 147 Å². The summed E-state index contributed by atoms with van der Waals surface area (Å²) in [6.07, 6.45) is 2.91. The number of piperidine rings is 1. The second kappa shape index (κ2) is 7.33. The minimum absolute atomic E-state index is 0.0277. The number of sulfone groups is 1. The van der Waals surface area contributed by atoms with Crippen molar-refractivity contribution in [3.8, 4) is 0 Å². The third-order valence-electron chi connectivity index (χ3n) is 6.01. The first-order valence-corrected chi connectivity index (χ1v) is 12.8. The molecular weight excluding hydrogens is 422 g/mol. The van der Waals surface area contributed by atoms with Gasteiger partial charge in [0.15, 0.2) is 9.84 Å². The lowest BCUT2D eigenvalue weighted by atomic mass is 10.0. The average molecular weight is 450 g/mol. The van der Waals surface area contributed by atoms with Crippen LogP contribution in [0.15, 0.2) is 10.6 Å². The Hall–Kier alpha value is -1.50. The number of nitrogens with one attached hydrogen (secondary N) is 1. The fraction of sp³-hybridized carbons (Fsp3) is 0.765. The van der Waals surface area contributed by atoms with Crippen molar-refractivity contribution in [2.75, 3.05) is 31.3 Å². The number of sulfonamides is 1. The largest absolute Gasteiger partial charge is 0.395 e. The zero-order valence-corrected chi connectivity index (χ0v) is 18.3. The number of aromatic nitrogens is 1. The van der Waals surface area contributed by atoms with E-state index >= 15 is 0 Å². The lowest BCUT2D eigenvalue weighted by Gasteiger charge is -2.34. The monoisotopic (exact) mass is 449 g/mol. The fourth-order valence-electron chi connectivity index (χ4n) is 3.51. The quantitative estimate of drug-likeness (QED) is 0.602. The van der Waals surface area contributed by atoms with Gasteiger partial charge in [-0.25, -0.2) is 21.1 Å². The first kappa shape index (κ1) is 22.2. The van der Waals surface area contributed by atoms with Crippen LogP contribution in [0.4, 0.5) is 5.88 Å². The molecule has 2 heterocycles. The summed E-state index contributed by atoms with van der Waals surface area (Å²) in [6, 6.07) is 1.51. The average Bonchev–Trinajstić information content (AvgIpc) is 3.32. The predicted octanol–water partition coefficient (Wildman–Crippen LogP) is 0.254. The second-order valence-electron chi connectivity index (χ2n) is 8.39. The van der Waals surface area contributed by atoms with Gasteiger partial charge in [0.05, 0.1) is 23.8 Å². The Bertz CT molecular complexity index is 986. The molecule has 0 bridgehead atoms. The summed E-state index contributed by atoms with van der Waals surface area (Å²) in [7, 11) is -7.27. The molecule has 10 nitrogen and oxygen atoms in total. The number of aliphatic hydroxyl groups excluding tert-OH is 1. The molecular formula is C17H27N3O7S2. The Balaban J connectivity index is 1.70. The minimum atomic E-state index is -3.90. The molecule has 0 atom stereocenters. The molecule has 0 spiro atoms. The maximum atomic E-state index is 13.1. The van der Waals surface area contributed by atoms with E-state index in [-0.39, 0.29) is 38.4 Å². The van der Waals surface area contributed by atoms with Crippen molar-refractivity contribution in [3.63, 3.8) is 0 Å². The smallest absolute Gasteiger partial charge is 0.247 e. The second-order valence-corrected chi connectivity index (χ2v) is 13.1. The third-order valence-corrected chi connectivity index (χ3v) is 10.3. The molecule has 29 heavy (non-hydrogen) atoms. The number of anilines is 1. The number of aliphatic hydroxyl groups is 1. The number of rotatable bonds is 7. The number of amides is 1. The van der Waals surface area contributed by atoms with E-state index < -0.39 is 41.2 Å². The van der Waals surface area contributed by atoms with Crippen LogP contribution < -0.4 is 5.32 Å². The molecule has 1 aromatic rings. The Morgan fingerprint density at radius 1 is 1.31 bits per heavy atom. The molecule has 1 aliphatic carbocycles. The summed E-state index contributed by atoms with van der Waals surface area (Å²) in [5, 5.41) is 15.0. The van der Waals surface area contributed by atoms with Gasteiger partial charge in [-0.3, -0.25) is 10.1 Å². The number of nitrogens with zero attached hydrogens (tertiary/aromatic N) is 2. The van der Waals surface area contributed by atoms with Gasteiger partial charge in [0.25, 0.3) is 0 Å². The van der Waals surface area contributed by atoms with Crippen molar-refractivity contribution < 1.29 is 31.3 Å². The van der Waals surface area contributed by atoms with Crippen LogP contribution in [0.2, 0.25) is 0 Å². The predicted molar refractivity (Wildman–Crippen MR) is 106 cm³/mol. The molecule has 1 amide bonds. The molecule has 1 aromatic heterocycles. The highest BCUT2D eigenvalue weighted by Crippen LogP contribution is 2.47. The summed E-state index contributed by atoms with van der Waals surface area (Å²) in [5.74, 6) is -0.723. The third kappa shape index (κ3) is 4.07. The molecule has 0 unspecified atom stereocenters. The maximum Gasteiger partial charge on any atom is 0.247 e. The van der Waals surface area contributed by atoms with E-state index in [1.54, 1.807) is 0 Å². The highest BCUT2D eigenvalue weighted by atomic mass is 32.2. The Morgan fingerprint density at radius 2 is 1.90 bits per heavy atom. The van der Waals surface area contributed by atoms with Crippen LogP contribution in [0.5, 0.6) is 0 Å². The molecule has 1 saturated carbocycles. The molecule has 2 N–H and O–H groups in total. The summed E-state index contributed by atoms with van der Waals surface area (Å²) in [4.78, 5) is 12.8. The van der Waals surface area contributed by atoms with Gasteiger partial charge in [0.2, 0.25) is 21.8 Å².